The predicted octanol–water partition coefficient (Wildman–Crippen LogP) is 0.519. The Kier molecular flexibility index (Phi) is 2.01. The molecule has 0 radical (unpaired) electrons. The summed E-state index contributed by atoms with van der Waals surface area (Å²) in [7, 11) is 0. The molecule has 1 saturated carbocycles. The van der Waals surface area contributed by atoms with E-state index >= 15 is 0 Å². The van der Waals surface area contributed by atoms with Crippen molar-refractivity contribution in [3.63, 3.8) is 0 Å². The molecule has 1 fully saturated rings. The van der Waals surface area contributed by atoms with Crippen LogP contribution in [-0.2, 0) is 19.4 Å². The SMILES string of the molecule is C1Cc2nnc(CCNC3CC3)n2C1. The molecule has 0 unspecified atom stereocenters. The minimum Gasteiger partial charge on any atom is -0.315 e. The van der Waals surface area contributed by atoms with E-state index in [4.69, 9.17) is 0 Å². The Morgan fingerprint density at radius 1 is 1.36 bits per heavy atom. The molecule has 0 saturated heterocycles. The second-order valence-electron chi connectivity index (χ2n) is 4.27. The number of aromatic nitrogens is 3. The lowest BCUT2D eigenvalue weighted by molar-refractivity contribution is 0.627. The number of nitrogens with one attached hydrogen (secondary N) is 1. The number of rotatable bonds is 4. The summed E-state index contributed by atoms with van der Waals surface area (Å²) in [6.45, 7) is 2.18. The molecule has 2 heterocycles. The van der Waals surface area contributed by atoms with Gasteiger partial charge in [0, 0.05) is 32.0 Å². The van der Waals surface area contributed by atoms with Gasteiger partial charge in [-0.05, 0) is 19.3 Å². The molecule has 4 heteroatoms. The lowest BCUT2D eigenvalue weighted by Crippen LogP contribution is -2.20. The second-order valence-corrected chi connectivity index (χ2v) is 4.27. The van der Waals surface area contributed by atoms with Crippen LogP contribution in [0.2, 0.25) is 0 Å². The van der Waals surface area contributed by atoms with Crippen LogP contribution in [0, 0.1) is 0 Å². The fourth-order valence-corrected chi connectivity index (χ4v) is 2.07. The molecule has 0 amide bonds. The fraction of sp³-hybridized carbons (Fsp3) is 0.800. The minimum atomic E-state index is 0.802. The van der Waals surface area contributed by atoms with Gasteiger partial charge < -0.3 is 9.88 Å². The highest BCUT2D eigenvalue weighted by Gasteiger charge is 2.21. The van der Waals surface area contributed by atoms with E-state index in [-0.39, 0.29) is 0 Å². The molecule has 1 N–H and O–H groups in total. The number of fused-ring (bicyclic) bond motifs is 1. The number of aryl methyl sites for hydroxylation is 1. The molecular weight excluding hydrogens is 176 g/mol. The third kappa shape index (κ3) is 1.54. The van der Waals surface area contributed by atoms with Crippen molar-refractivity contribution in [1.82, 2.24) is 20.1 Å². The zero-order valence-electron chi connectivity index (χ0n) is 8.37. The first-order chi connectivity index (χ1) is 6.93. The summed E-state index contributed by atoms with van der Waals surface area (Å²) in [4.78, 5) is 0. The second kappa shape index (κ2) is 3.35. The van der Waals surface area contributed by atoms with E-state index < -0.39 is 0 Å². The van der Waals surface area contributed by atoms with E-state index in [9.17, 15) is 0 Å². The van der Waals surface area contributed by atoms with Gasteiger partial charge in [0.2, 0.25) is 0 Å². The number of hydrogen-bond donors (Lipinski definition) is 1. The Labute approximate surface area is 83.7 Å². The maximum Gasteiger partial charge on any atom is 0.134 e. The first kappa shape index (κ1) is 8.41. The van der Waals surface area contributed by atoms with Gasteiger partial charge in [-0.1, -0.05) is 0 Å². The van der Waals surface area contributed by atoms with E-state index in [1.54, 1.807) is 0 Å². The van der Waals surface area contributed by atoms with Crippen molar-refractivity contribution >= 4 is 0 Å². The third-order valence-corrected chi connectivity index (χ3v) is 3.05. The van der Waals surface area contributed by atoms with Crippen LogP contribution in [0.1, 0.15) is 30.9 Å². The number of nitrogens with zero attached hydrogens (tertiary/aromatic N) is 3. The fourth-order valence-electron chi connectivity index (χ4n) is 2.07. The summed E-state index contributed by atoms with van der Waals surface area (Å²) < 4.78 is 2.29. The van der Waals surface area contributed by atoms with Crippen LogP contribution in [-0.4, -0.2) is 27.4 Å². The van der Waals surface area contributed by atoms with E-state index in [1.165, 1.54) is 30.9 Å². The lowest BCUT2D eigenvalue weighted by Gasteiger charge is -2.03. The topological polar surface area (TPSA) is 42.7 Å². The van der Waals surface area contributed by atoms with Gasteiger partial charge in [0.15, 0.2) is 0 Å². The average Bonchev–Trinajstić information content (AvgIpc) is 2.76. The van der Waals surface area contributed by atoms with Crippen LogP contribution in [0.4, 0.5) is 0 Å². The third-order valence-electron chi connectivity index (χ3n) is 3.05. The maximum absolute atomic E-state index is 4.23. The van der Waals surface area contributed by atoms with Crippen LogP contribution in [0.3, 0.4) is 0 Å². The van der Waals surface area contributed by atoms with Gasteiger partial charge in [-0.15, -0.1) is 10.2 Å². The van der Waals surface area contributed by atoms with Crippen LogP contribution in [0.25, 0.3) is 0 Å². The maximum atomic E-state index is 4.23. The predicted molar refractivity (Wildman–Crippen MR) is 53.1 cm³/mol. The molecule has 2 aliphatic rings. The minimum absolute atomic E-state index is 0.802. The summed E-state index contributed by atoms with van der Waals surface area (Å²) in [5, 5.41) is 11.9. The zero-order chi connectivity index (χ0) is 9.38. The van der Waals surface area contributed by atoms with Gasteiger partial charge in [-0.2, -0.15) is 0 Å². The summed E-state index contributed by atoms with van der Waals surface area (Å²) >= 11 is 0. The Hall–Kier alpha value is -0.900. The van der Waals surface area contributed by atoms with Crippen molar-refractivity contribution < 1.29 is 0 Å². The molecule has 4 nitrogen and oxygen atoms in total. The molecule has 0 spiro atoms. The van der Waals surface area contributed by atoms with Gasteiger partial charge in [-0.25, -0.2) is 0 Å². The summed E-state index contributed by atoms with van der Waals surface area (Å²) in [5.41, 5.74) is 0. The van der Waals surface area contributed by atoms with Crippen molar-refractivity contribution in [3.05, 3.63) is 11.6 Å². The quantitative estimate of drug-likeness (QED) is 0.756. The van der Waals surface area contributed by atoms with Gasteiger partial charge in [-0.3, -0.25) is 0 Å². The summed E-state index contributed by atoms with van der Waals surface area (Å²) in [6, 6.07) is 0.802. The zero-order valence-corrected chi connectivity index (χ0v) is 8.37. The summed E-state index contributed by atoms with van der Waals surface area (Å²) in [5.74, 6) is 2.36. The molecule has 0 aromatic carbocycles. The molecule has 1 aliphatic heterocycles. The first-order valence-electron chi connectivity index (χ1n) is 5.58. The van der Waals surface area contributed by atoms with Crippen molar-refractivity contribution in [2.24, 2.45) is 0 Å². The van der Waals surface area contributed by atoms with Crippen molar-refractivity contribution in [2.75, 3.05) is 6.54 Å². The molecule has 0 atom stereocenters. The van der Waals surface area contributed by atoms with E-state index in [2.05, 4.69) is 20.1 Å². The molecule has 1 aromatic rings. The smallest absolute Gasteiger partial charge is 0.134 e. The molecular formula is C10H16N4. The largest absolute Gasteiger partial charge is 0.315 e. The first-order valence-corrected chi connectivity index (χ1v) is 5.58. The van der Waals surface area contributed by atoms with Crippen LogP contribution < -0.4 is 5.32 Å². The summed E-state index contributed by atoms with van der Waals surface area (Å²) in [6.07, 6.45) is 6.11. The number of hydrogen-bond acceptors (Lipinski definition) is 3. The highest BCUT2D eigenvalue weighted by molar-refractivity contribution is 5.01. The van der Waals surface area contributed by atoms with Crippen molar-refractivity contribution in [3.8, 4) is 0 Å². The van der Waals surface area contributed by atoms with Crippen molar-refractivity contribution in [1.29, 1.82) is 0 Å². The van der Waals surface area contributed by atoms with Crippen LogP contribution in [0.15, 0.2) is 0 Å². The lowest BCUT2D eigenvalue weighted by atomic mass is 10.4. The van der Waals surface area contributed by atoms with Gasteiger partial charge in [0.05, 0.1) is 0 Å². The van der Waals surface area contributed by atoms with Gasteiger partial charge >= 0.3 is 0 Å². The molecule has 3 rings (SSSR count). The van der Waals surface area contributed by atoms with E-state index in [0.717, 1.165) is 32.0 Å². The average molecular weight is 192 g/mol. The van der Waals surface area contributed by atoms with E-state index in [0.29, 0.717) is 0 Å². The molecule has 1 aromatic heterocycles. The highest BCUT2D eigenvalue weighted by atomic mass is 15.3. The van der Waals surface area contributed by atoms with Crippen molar-refractivity contribution in [2.45, 2.75) is 44.7 Å². The van der Waals surface area contributed by atoms with Gasteiger partial charge in [0.25, 0.3) is 0 Å². The Morgan fingerprint density at radius 2 is 2.29 bits per heavy atom. The Balaban J connectivity index is 1.59. The Bertz CT molecular complexity index is 327. The normalized spacial score (nSPS) is 20.0. The molecule has 76 valence electrons. The monoisotopic (exact) mass is 192 g/mol. The van der Waals surface area contributed by atoms with Gasteiger partial charge in [0.1, 0.15) is 11.6 Å². The molecule has 14 heavy (non-hydrogen) atoms. The Morgan fingerprint density at radius 3 is 3.14 bits per heavy atom. The van der Waals surface area contributed by atoms with Crippen LogP contribution in [0.5, 0.6) is 0 Å². The standard InChI is InChI=1S/C10H16N4/c1-2-9-12-13-10(14(9)7-1)5-6-11-8-3-4-8/h8,11H,1-7H2. The molecule has 1 aliphatic carbocycles. The molecule has 0 bridgehead atoms. The van der Waals surface area contributed by atoms with E-state index in [1.807, 2.05) is 0 Å². The van der Waals surface area contributed by atoms with Crippen LogP contribution >= 0.6 is 0 Å². The highest BCUT2D eigenvalue weighted by Crippen LogP contribution is 2.18.